The number of hydrogen-bond acceptors (Lipinski definition) is 3. The third kappa shape index (κ3) is 1.36. The van der Waals surface area contributed by atoms with E-state index in [0.717, 1.165) is 11.0 Å². The lowest BCUT2D eigenvalue weighted by Gasteiger charge is -2.50. The van der Waals surface area contributed by atoms with Crippen LogP contribution in [0.25, 0.3) is 11.0 Å². The Hall–Kier alpha value is -1.32. The molecular formula is C14H17NO2. The highest BCUT2D eigenvalue weighted by Gasteiger charge is 2.51. The quantitative estimate of drug-likeness (QED) is 0.863. The van der Waals surface area contributed by atoms with Gasteiger partial charge in [0.15, 0.2) is 0 Å². The van der Waals surface area contributed by atoms with Crippen molar-refractivity contribution < 1.29 is 9.15 Å². The predicted molar refractivity (Wildman–Crippen MR) is 67.0 cm³/mol. The average molecular weight is 231 g/mol. The summed E-state index contributed by atoms with van der Waals surface area (Å²) in [7, 11) is 0. The maximum absolute atomic E-state index is 6.34. The zero-order valence-corrected chi connectivity index (χ0v) is 10.2. The molecule has 1 aliphatic heterocycles. The Morgan fingerprint density at radius 1 is 1.24 bits per heavy atom. The minimum absolute atomic E-state index is 0.125. The lowest BCUT2D eigenvalue weighted by Crippen LogP contribution is -2.64. The van der Waals surface area contributed by atoms with E-state index >= 15 is 0 Å². The fourth-order valence-corrected chi connectivity index (χ4v) is 2.53. The molecule has 1 aromatic carbocycles. The lowest BCUT2D eigenvalue weighted by molar-refractivity contribution is -0.0914. The molecule has 0 bridgehead atoms. The SMILES string of the molecule is CC(C)(N)C1(c2coc3ccccc23)COC1. The van der Waals surface area contributed by atoms with Crippen LogP contribution in [0.3, 0.4) is 0 Å². The summed E-state index contributed by atoms with van der Waals surface area (Å²) in [6.07, 6.45) is 1.84. The summed E-state index contributed by atoms with van der Waals surface area (Å²) in [6, 6.07) is 8.07. The van der Waals surface area contributed by atoms with Gasteiger partial charge in [0, 0.05) is 16.5 Å². The summed E-state index contributed by atoms with van der Waals surface area (Å²) >= 11 is 0. The topological polar surface area (TPSA) is 48.4 Å². The summed E-state index contributed by atoms with van der Waals surface area (Å²) in [5.74, 6) is 0. The van der Waals surface area contributed by atoms with E-state index in [4.69, 9.17) is 14.9 Å². The van der Waals surface area contributed by atoms with Crippen LogP contribution in [0.2, 0.25) is 0 Å². The summed E-state index contributed by atoms with van der Waals surface area (Å²) in [5, 5.41) is 1.15. The van der Waals surface area contributed by atoms with Crippen molar-refractivity contribution in [1.29, 1.82) is 0 Å². The molecule has 1 aliphatic rings. The van der Waals surface area contributed by atoms with E-state index in [0.29, 0.717) is 13.2 Å². The number of ether oxygens (including phenoxy) is 1. The zero-order valence-electron chi connectivity index (χ0n) is 10.2. The fourth-order valence-electron chi connectivity index (χ4n) is 2.53. The van der Waals surface area contributed by atoms with E-state index < -0.39 is 0 Å². The molecule has 3 nitrogen and oxygen atoms in total. The van der Waals surface area contributed by atoms with E-state index in [2.05, 4.69) is 19.9 Å². The Bertz CT molecular complexity index is 547. The Morgan fingerprint density at radius 2 is 1.94 bits per heavy atom. The predicted octanol–water partition coefficient (Wildman–Crippen LogP) is 2.44. The van der Waals surface area contributed by atoms with E-state index in [1.165, 1.54) is 5.56 Å². The first kappa shape index (κ1) is 10.8. The summed E-state index contributed by atoms with van der Waals surface area (Å²) in [6.45, 7) is 5.44. The van der Waals surface area contributed by atoms with Gasteiger partial charge in [-0.2, -0.15) is 0 Å². The van der Waals surface area contributed by atoms with Crippen molar-refractivity contribution in [2.24, 2.45) is 5.73 Å². The van der Waals surface area contributed by atoms with E-state index in [-0.39, 0.29) is 11.0 Å². The van der Waals surface area contributed by atoms with Gasteiger partial charge in [0.1, 0.15) is 5.58 Å². The van der Waals surface area contributed by atoms with Gasteiger partial charge in [0.25, 0.3) is 0 Å². The Balaban J connectivity index is 2.21. The lowest BCUT2D eigenvalue weighted by atomic mass is 9.66. The highest BCUT2D eigenvalue weighted by molar-refractivity contribution is 5.82. The molecule has 0 saturated carbocycles. The minimum Gasteiger partial charge on any atom is -0.464 e. The number of hydrogen-bond donors (Lipinski definition) is 1. The molecule has 0 aliphatic carbocycles. The maximum atomic E-state index is 6.34. The van der Waals surface area contributed by atoms with Gasteiger partial charge in [0.2, 0.25) is 0 Å². The third-order valence-electron chi connectivity index (χ3n) is 3.93. The van der Waals surface area contributed by atoms with Crippen molar-refractivity contribution >= 4 is 11.0 Å². The first-order valence-electron chi connectivity index (χ1n) is 5.88. The number of para-hydroxylation sites is 1. The molecular weight excluding hydrogens is 214 g/mol. The summed E-state index contributed by atoms with van der Waals surface area (Å²) in [4.78, 5) is 0. The van der Waals surface area contributed by atoms with Crippen LogP contribution in [-0.2, 0) is 10.2 Å². The number of nitrogens with two attached hydrogens (primary N) is 1. The number of furan rings is 1. The molecule has 0 radical (unpaired) electrons. The van der Waals surface area contributed by atoms with Crippen molar-refractivity contribution in [3.63, 3.8) is 0 Å². The van der Waals surface area contributed by atoms with Crippen LogP contribution in [0.4, 0.5) is 0 Å². The number of rotatable bonds is 2. The van der Waals surface area contributed by atoms with Crippen molar-refractivity contribution in [1.82, 2.24) is 0 Å². The molecule has 0 spiro atoms. The summed E-state index contributed by atoms with van der Waals surface area (Å²) in [5.41, 5.74) is 7.98. The smallest absolute Gasteiger partial charge is 0.134 e. The van der Waals surface area contributed by atoms with Crippen molar-refractivity contribution in [3.8, 4) is 0 Å². The zero-order chi connectivity index (χ0) is 12.1. The van der Waals surface area contributed by atoms with E-state index in [1.54, 1.807) is 0 Å². The molecule has 3 rings (SSSR count). The number of benzene rings is 1. The fraction of sp³-hybridized carbons (Fsp3) is 0.429. The first-order chi connectivity index (χ1) is 8.05. The Kier molecular flexibility index (Phi) is 2.12. The highest BCUT2D eigenvalue weighted by atomic mass is 16.5. The van der Waals surface area contributed by atoms with Crippen LogP contribution in [0, 0.1) is 0 Å². The van der Waals surface area contributed by atoms with Crippen LogP contribution >= 0.6 is 0 Å². The van der Waals surface area contributed by atoms with Crippen LogP contribution in [-0.4, -0.2) is 18.8 Å². The average Bonchev–Trinajstić information content (AvgIpc) is 2.59. The molecule has 0 unspecified atom stereocenters. The molecule has 0 amide bonds. The molecule has 3 heteroatoms. The molecule has 90 valence electrons. The highest BCUT2D eigenvalue weighted by Crippen LogP contribution is 2.44. The Morgan fingerprint density at radius 3 is 2.53 bits per heavy atom. The standard InChI is InChI=1S/C14H17NO2/c1-13(2,15)14(8-16-9-14)11-7-17-12-6-4-3-5-10(11)12/h3-7H,8-9,15H2,1-2H3. The molecule has 1 saturated heterocycles. The van der Waals surface area contributed by atoms with Gasteiger partial charge in [0.05, 0.1) is 24.9 Å². The van der Waals surface area contributed by atoms with Crippen LogP contribution < -0.4 is 5.73 Å². The monoisotopic (exact) mass is 231 g/mol. The van der Waals surface area contributed by atoms with Gasteiger partial charge in [-0.1, -0.05) is 18.2 Å². The van der Waals surface area contributed by atoms with Crippen molar-refractivity contribution in [2.75, 3.05) is 13.2 Å². The van der Waals surface area contributed by atoms with Crippen molar-refractivity contribution in [3.05, 3.63) is 36.1 Å². The van der Waals surface area contributed by atoms with E-state index in [9.17, 15) is 0 Å². The molecule has 2 N–H and O–H groups in total. The minimum atomic E-state index is -0.322. The van der Waals surface area contributed by atoms with Crippen molar-refractivity contribution in [2.45, 2.75) is 24.8 Å². The molecule has 0 atom stereocenters. The van der Waals surface area contributed by atoms with Gasteiger partial charge in [-0.15, -0.1) is 0 Å². The number of fused-ring (bicyclic) bond motifs is 1. The van der Waals surface area contributed by atoms with Gasteiger partial charge in [-0.05, 0) is 19.9 Å². The van der Waals surface area contributed by atoms with Crippen LogP contribution in [0.1, 0.15) is 19.4 Å². The van der Waals surface area contributed by atoms with E-state index in [1.807, 2.05) is 24.5 Å². The second kappa shape index (κ2) is 3.34. The van der Waals surface area contributed by atoms with Gasteiger partial charge < -0.3 is 14.9 Å². The normalized spacial score (nSPS) is 19.2. The summed E-state index contributed by atoms with van der Waals surface area (Å²) < 4.78 is 11.0. The Labute approximate surface area is 101 Å². The van der Waals surface area contributed by atoms with Crippen LogP contribution in [0.15, 0.2) is 34.9 Å². The second-order valence-electron chi connectivity index (χ2n) is 5.44. The van der Waals surface area contributed by atoms with Gasteiger partial charge in [-0.25, -0.2) is 0 Å². The van der Waals surface area contributed by atoms with Crippen LogP contribution in [0.5, 0.6) is 0 Å². The second-order valence-corrected chi connectivity index (χ2v) is 5.44. The third-order valence-corrected chi connectivity index (χ3v) is 3.93. The largest absolute Gasteiger partial charge is 0.464 e. The van der Waals surface area contributed by atoms with Gasteiger partial charge in [-0.3, -0.25) is 0 Å². The maximum Gasteiger partial charge on any atom is 0.134 e. The molecule has 1 fully saturated rings. The molecule has 17 heavy (non-hydrogen) atoms. The molecule has 1 aromatic heterocycles. The van der Waals surface area contributed by atoms with Gasteiger partial charge >= 0.3 is 0 Å². The molecule has 2 aromatic rings. The first-order valence-corrected chi connectivity index (χ1v) is 5.88. The molecule has 2 heterocycles.